The number of benzene rings is 2. The van der Waals surface area contributed by atoms with Crippen LogP contribution in [-0.2, 0) is 0 Å². The van der Waals surface area contributed by atoms with Crippen molar-refractivity contribution in [2.75, 3.05) is 0 Å². The Kier molecular flexibility index (Phi) is 5.88. The molecule has 0 radical (unpaired) electrons. The molecule has 6 heteroatoms. The standard InChI is InChI=1S/C23H26ClN3O2/c1-22(2)12-17(13-23(3,4)27-22)26-21(28)15-8-10-18(11-9-15)29-20-16(14-25)6-5-7-19(20)24/h5-11,17,27H,12-13H2,1-4H3,(H,26,28). The van der Waals surface area contributed by atoms with Crippen molar-refractivity contribution in [3.05, 3.63) is 58.6 Å². The first-order valence-electron chi connectivity index (χ1n) is 9.65. The molecule has 1 aliphatic heterocycles. The van der Waals surface area contributed by atoms with Gasteiger partial charge in [-0.3, -0.25) is 4.79 Å². The zero-order valence-corrected chi connectivity index (χ0v) is 17.9. The van der Waals surface area contributed by atoms with E-state index in [-0.39, 0.29) is 23.0 Å². The molecule has 5 nitrogen and oxygen atoms in total. The number of halogens is 1. The number of nitrogens with zero attached hydrogens (tertiary/aromatic N) is 1. The van der Waals surface area contributed by atoms with Crippen LogP contribution in [0.5, 0.6) is 11.5 Å². The molecule has 1 fully saturated rings. The molecule has 152 valence electrons. The highest BCUT2D eigenvalue weighted by molar-refractivity contribution is 6.32. The number of piperidine rings is 1. The number of para-hydroxylation sites is 1. The Balaban J connectivity index is 1.69. The SMILES string of the molecule is CC1(C)CC(NC(=O)c2ccc(Oc3c(Cl)cccc3C#N)cc2)CC(C)(C)N1. The first-order chi connectivity index (χ1) is 13.6. The maximum absolute atomic E-state index is 12.7. The van der Waals surface area contributed by atoms with Crippen molar-refractivity contribution in [2.45, 2.75) is 57.7 Å². The summed E-state index contributed by atoms with van der Waals surface area (Å²) >= 11 is 6.15. The van der Waals surface area contributed by atoms with Crippen molar-refractivity contribution in [1.82, 2.24) is 10.6 Å². The molecule has 0 aliphatic carbocycles. The van der Waals surface area contributed by atoms with Gasteiger partial charge in [0.2, 0.25) is 0 Å². The maximum Gasteiger partial charge on any atom is 0.251 e. The van der Waals surface area contributed by atoms with Crippen LogP contribution in [0.2, 0.25) is 5.02 Å². The molecule has 2 aromatic carbocycles. The highest BCUT2D eigenvalue weighted by Crippen LogP contribution is 2.33. The minimum Gasteiger partial charge on any atom is -0.454 e. The molecule has 0 atom stereocenters. The van der Waals surface area contributed by atoms with E-state index in [4.69, 9.17) is 16.3 Å². The van der Waals surface area contributed by atoms with Crippen LogP contribution in [0.3, 0.4) is 0 Å². The van der Waals surface area contributed by atoms with E-state index in [1.54, 1.807) is 42.5 Å². The van der Waals surface area contributed by atoms with Gasteiger partial charge in [0.05, 0.1) is 10.6 Å². The van der Waals surface area contributed by atoms with Crippen LogP contribution in [0, 0.1) is 11.3 Å². The molecule has 3 rings (SSSR count). The van der Waals surface area contributed by atoms with E-state index in [1.807, 2.05) is 0 Å². The number of carbonyl (C=O) groups is 1. The third kappa shape index (κ3) is 5.29. The number of nitriles is 1. The van der Waals surface area contributed by atoms with E-state index < -0.39 is 0 Å². The lowest BCUT2D eigenvalue weighted by molar-refractivity contribution is 0.0873. The maximum atomic E-state index is 12.7. The number of hydrogen-bond acceptors (Lipinski definition) is 4. The molecule has 0 aromatic heterocycles. The number of rotatable bonds is 4. The summed E-state index contributed by atoms with van der Waals surface area (Å²) in [5.74, 6) is 0.717. The lowest BCUT2D eigenvalue weighted by Crippen LogP contribution is -2.62. The van der Waals surface area contributed by atoms with Crippen molar-refractivity contribution in [1.29, 1.82) is 5.26 Å². The van der Waals surface area contributed by atoms with Crippen molar-refractivity contribution >= 4 is 17.5 Å². The van der Waals surface area contributed by atoms with E-state index in [0.717, 1.165) is 12.8 Å². The van der Waals surface area contributed by atoms with Crippen molar-refractivity contribution in [3.8, 4) is 17.6 Å². The normalized spacial score (nSPS) is 17.9. The van der Waals surface area contributed by atoms with Crippen LogP contribution in [0.25, 0.3) is 0 Å². The van der Waals surface area contributed by atoms with Gasteiger partial charge >= 0.3 is 0 Å². The van der Waals surface area contributed by atoms with Gasteiger partial charge in [-0.05, 0) is 76.9 Å². The van der Waals surface area contributed by atoms with Crippen LogP contribution in [0.1, 0.15) is 56.5 Å². The fourth-order valence-corrected chi connectivity index (χ4v) is 4.40. The van der Waals surface area contributed by atoms with Gasteiger partial charge in [-0.1, -0.05) is 17.7 Å². The molecule has 0 bridgehead atoms. The Morgan fingerprint density at radius 3 is 2.34 bits per heavy atom. The minimum absolute atomic E-state index is 0.0369. The highest BCUT2D eigenvalue weighted by Gasteiger charge is 2.38. The molecule has 2 aromatic rings. The molecule has 2 N–H and O–H groups in total. The molecule has 0 spiro atoms. The Morgan fingerprint density at radius 2 is 1.76 bits per heavy atom. The number of hydrogen-bond donors (Lipinski definition) is 2. The van der Waals surface area contributed by atoms with Gasteiger partial charge in [0.15, 0.2) is 5.75 Å². The largest absolute Gasteiger partial charge is 0.454 e. The number of amides is 1. The predicted octanol–water partition coefficient (Wildman–Crippen LogP) is 5.04. The lowest BCUT2D eigenvalue weighted by Gasteiger charge is -2.46. The zero-order chi connectivity index (χ0) is 21.2. The van der Waals surface area contributed by atoms with Crippen LogP contribution in [0.4, 0.5) is 0 Å². The van der Waals surface area contributed by atoms with Gasteiger partial charge in [-0.15, -0.1) is 0 Å². The second-order valence-corrected chi connectivity index (χ2v) is 9.23. The molecule has 29 heavy (non-hydrogen) atoms. The first-order valence-corrected chi connectivity index (χ1v) is 10.0. The fourth-order valence-electron chi connectivity index (χ4n) is 4.19. The van der Waals surface area contributed by atoms with E-state index in [2.05, 4.69) is 44.4 Å². The number of nitrogens with one attached hydrogen (secondary N) is 2. The summed E-state index contributed by atoms with van der Waals surface area (Å²) in [6.07, 6.45) is 1.74. The lowest BCUT2D eigenvalue weighted by atomic mass is 9.79. The third-order valence-electron chi connectivity index (χ3n) is 4.95. The second kappa shape index (κ2) is 8.06. The van der Waals surface area contributed by atoms with E-state index in [9.17, 15) is 10.1 Å². The molecule has 0 saturated carbocycles. The minimum atomic E-state index is -0.106. The Hall–Kier alpha value is -2.55. The second-order valence-electron chi connectivity index (χ2n) is 8.83. The van der Waals surface area contributed by atoms with Crippen LogP contribution in [-0.4, -0.2) is 23.0 Å². The first kappa shape index (κ1) is 21.2. The topological polar surface area (TPSA) is 74.1 Å². The number of ether oxygens (including phenoxy) is 1. The number of carbonyl (C=O) groups excluding carboxylic acids is 1. The summed E-state index contributed by atoms with van der Waals surface area (Å²) < 4.78 is 5.78. The molecule has 0 unspecified atom stereocenters. The van der Waals surface area contributed by atoms with Gasteiger partial charge in [-0.2, -0.15) is 5.26 Å². The average molecular weight is 412 g/mol. The zero-order valence-electron chi connectivity index (χ0n) is 17.2. The Labute approximate surface area is 177 Å². The molecular weight excluding hydrogens is 386 g/mol. The monoisotopic (exact) mass is 411 g/mol. The summed E-state index contributed by atoms with van der Waals surface area (Å²) in [6, 6.07) is 14.0. The van der Waals surface area contributed by atoms with Crippen molar-refractivity contribution < 1.29 is 9.53 Å². The molecule has 1 heterocycles. The van der Waals surface area contributed by atoms with Crippen molar-refractivity contribution in [2.24, 2.45) is 0 Å². The summed E-state index contributed by atoms with van der Waals surface area (Å²) in [4.78, 5) is 12.7. The molecule has 1 aliphatic rings. The molecule has 1 amide bonds. The summed E-state index contributed by atoms with van der Waals surface area (Å²) in [7, 11) is 0. The molecular formula is C23H26ClN3O2. The van der Waals surface area contributed by atoms with E-state index >= 15 is 0 Å². The van der Waals surface area contributed by atoms with Gasteiger partial charge in [0.1, 0.15) is 11.8 Å². The highest BCUT2D eigenvalue weighted by atomic mass is 35.5. The van der Waals surface area contributed by atoms with Crippen LogP contribution < -0.4 is 15.4 Å². The van der Waals surface area contributed by atoms with Gasteiger partial charge in [0.25, 0.3) is 5.91 Å². The van der Waals surface area contributed by atoms with Crippen molar-refractivity contribution in [3.63, 3.8) is 0 Å². The van der Waals surface area contributed by atoms with Crippen LogP contribution in [0.15, 0.2) is 42.5 Å². The van der Waals surface area contributed by atoms with Crippen LogP contribution >= 0.6 is 11.6 Å². The smallest absolute Gasteiger partial charge is 0.251 e. The molecule has 1 saturated heterocycles. The fraction of sp³-hybridized carbons (Fsp3) is 0.391. The Morgan fingerprint density at radius 1 is 1.14 bits per heavy atom. The predicted molar refractivity (Wildman–Crippen MR) is 114 cm³/mol. The average Bonchev–Trinajstić information content (AvgIpc) is 2.61. The van der Waals surface area contributed by atoms with Gasteiger partial charge < -0.3 is 15.4 Å². The quantitative estimate of drug-likeness (QED) is 0.738. The summed E-state index contributed by atoms with van der Waals surface area (Å²) in [6.45, 7) is 8.62. The summed E-state index contributed by atoms with van der Waals surface area (Å²) in [5, 5.41) is 16.4. The Bertz CT molecular complexity index is 930. The third-order valence-corrected chi connectivity index (χ3v) is 5.25. The van der Waals surface area contributed by atoms with E-state index in [1.165, 1.54) is 0 Å². The van der Waals surface area contributed by atoms with Gasteiger partial charge in [0, 0.05) is 22.7 Å². The van der Waals surface area contributed by atoms with Gasteiger partial charge in [-0.25, -0.2) is 0 Å². The van der Waals surface area contributed by atoms with E-state index in [0.29, 0.717) is 27.6 Å². The summed E-state index contributed by atoms with van der Waals surface area (Å²) in [5.41, 5.74) is 0.844.